The average molecular weight is 280 g/mol. The van der Waals surface area contributed by atoms with Crippen LogP contribution in [0.5, 0.6) is 0 Å². The Hall–Kier alpha value is -1.89. The van der Waals surface area contributed by atoms with Gasteiger partial charge in [-0.3, -0.25) is 0 Å². The van der Waals surface area contributed by atoms with Crippen molar-refractivity contribution in [2.24, 2.45) is 0 Å². The lowest BCUT2D eigenvalue weighted by molar-refractivity contribution is -0.0435. The van der Waals surface area contributed by atoms with Gasteiger partial charge in [0, 0.05) is 24.5 Å². The quantitative estimate of drug-likeness (QED) is 0.835. The molecule has 0 aromatic carbocycles. The number of aromatic nitrogens is 2. The maximum Gasteiger partial charge on any atom is 0.410 e. The third-order valence-electron chi connectivity index (χ3n) is 2.78. The number of nitrogens with zero attached hydrogens (tertiary/aromatic N) is 3. The molecule has 0 spiro atoms. The smallest absolute Gasteiger partial charge is 0.410 e. The van der Waals surface area contributed by atoms with Gasteiger partial charge < -0.3 is 20.1 Å². The van der Waals surface area contributed by atoms with E-state index in [1.54, 1.807) is 17.3 Å². The largest absolute Gasteiger partial charge is 0.444 e. The predicted molar refractivity (Wildman–Crippen MR) is 72.9 cm³/mol. The van der Waals surface area contributed by atoms with Gasteiger partial charge in [-0.15, -0.1) is 0 Å². The molecule has 1 amide bonds. The first kappa shape index (κ1) is 14.5. The summed E-state index contributed by atoms with van der Waals surface area (Å²) < 4.78 is 11.0. The Morgan fingerprint density at radius 1 is 1.45 bits per heavy atom. The zero-order chi connectivity index (χ0) is 14.8. The van der Waals surface area contributed by atoms with Gasteiger partial charge in [-0.05, 0) is 20.8 Å². The monoisotopic (exact) mass is 280 g/mol. The van der Waals surface area contributed by atoms with Gasteiger partial charge in [0.15, 0.2) is 0 Å². The Morgan fingerprint density at radius 2 is 2.10 bits per heavy atom. The number of ether oxygens (including phenoxy) is 2. The maximum atomic E-state index is 12.0. The van der Waals surface area contributed by atoms with Crippen LogP contribution in [-0.2, 0) is 9.47 Å². The van der Waals surface area contributed by atoms with Crippen molar-refractivity contribution in [3.05, 3.63) is 18.0 Å². The molecule has 7 nitrogen and oxygen atoms in total. The lowest BCUT2D eigenvalue weighted by atomic mass is 10.1. The molecule has 2 heterocycles. The Balaban J connectivity index is 2.01. The van der Waals surface area contributed by atoms with E-state index in [1.807, 2.05) is 20.8 Å². The topological polar surface area (TPSA) is 90.6 Å². The third kappa shape index (κ3) is 3.80. The van der Waals surface area contributed by atoms with Gasteiger partial charge in [0.2, 0.25) is 5.95 Å². The van der Waals surface area contributed by atoms with Crippen LogP contribution in [0.3, 0.4) is 0 Å². The Labute approximate surface area is 118 Å². The van der Waals surface area contributed by atoms with Crippen LogP contribution in [0.15, 0.2) is 12.4 Å². The molecule has 1 aliphatic heterocycles. The highest BCUT2D eigenvalue weighted by atomic mass is 16.6. The van der Waals surface area contributed by atoms with Crippen molar-refractivity contribution in [3.8, 4) is 0 Å². The van der Waals surface area contributed by atoms with E-state index in [4.69, 9.17) is 15.2 Å². The van der Waals surface area contributed by atoms with Crippen molar-refractivity contribution in [3.63, 3.8) is 0 Å². The van der Waals surface area contributed by atoms with E-state index in [-0.39, 0.29) is 18.1 Å². The minimum absolute atomic E-state index is 0.216. The number of carbonyl (C=O) groups is 1. The number of nitrogens with two attached hydrogens (primary N) is 1. The number of anilines is 1. The molecule has 2 N–H and O–H groups in total. The number of amides is 1. The molecular formula is C13H20N4O3. The van der Waals surface area contributed by atoms with E-state index in [9.17, 15) is 4.79 Å². The third-order valence-corrected chi connectivity index (χ3v) is 2.78. The first-order valence-electron chi connectivity index (χ1n) is 6.52. The summed E-state index contributed by atoms with van der Waals surface area (Å²) in [6, 6.07) is 0. The van der Waals surface area contributed by atoms with Crippen LogP contribution in [0, 0.1) is 0 Å². The normalized spacial score (nSPS) is 19.8. The number of rotatable bonds is 1. The first-order chi connectivity index (χ1) is 9.35. The van der Waals surface area contributed by atoms with Gasteiger partial charge in [0.1, 0.15) is 11.7 Å². The molecule has 0 bridgehead atoms. The van der Waals surface area contributed by atoms with Gasteiger partial charge >= 0.3 is 6.09 Å². The van der Waals surface area contributed by atoms with E-state index in [0.29, 0.717) is 19.7 Å². The van der Waals surface area contributed by atoms with Crippen LogP contribution in [0.25, 0.3) is 0 Å². The molecule has 1 aromatic heterocycles. The number of nitrogen functional groups attached to an aromatic ring is 1. The molecule has 20 heavy (non-hydrogen) atoms. The summed E-state index contributed by atoms with van der Waals surface area (Å²) in [6.45, 7) is 6.92. The predicted octanol–water partition coefficient (Wildman–Crippen LogP) is 1.37. The highest BCUT2D eigenvalue weighted by Crippen LogP contribution is 2.22. The minimum Gasteiger partial charge on any atom is -0.444 e. The summed E-state index contributed by atoms with van der Waals surface area (Å²) in [7, 11) is 0. The molecular weight excluding hydrogens is 260 g/mol. The minimum atomic E-state index is -0.505. The summed E-state index contributed by atoms with van der Waals surface area (Å²) in [4.78, 5) is 21.5. The standard InChI is InChI=1S/C13H20N4O3/c1-13(2,3)20-12(18)17-4-5-19-10(8-17)9-6-15-11(14)16-7-9/h6-7,10H,4-5,8H2,1-3H3,(H2,14,15,16). The fourth-order valence-corrected chi connectivity index (χ4v) is 1.86. The van der Waals surface area contributed by atoms with Crippen molar-refractivity contribution >= 4 is 12.0 Å². The van der Waals surface area contributed by atoms with Crippen LogP contribution in [-0.4, -0.2) is 46.3 Å². The van der Waals surface area contributed by atoms with Gasteiger partial charge in [-0.1, -0.05) is 0 Å². The zero-order valence-corrected chi connectivity index (χ0v) is 12.0. The molecule has 1 atom stereocenters. The Kier molecular flexibility index (Phi) is 4.08. The molecule has 1 saturated heterocycles. The van der Waals surface area contributed by atoms with Crippen LogP contribution in [0.2, 0.25) is 0 Å². The van der Waals surface area contributed by atoms with Crippen LogP contribution in [0.1, 0.15) is 32.4 Å². The van der Waals surface area contributed by atoms with E-state index in [1.165, 1.54) is 0 Å². The summed E-state index contributed by atoms with van der Waals surface area (Å²) >= 11 is 0. The lowest BCUT2D eigenvalue weighted by Crippen LogP contribution is -2.44. The molecule has 1 fully saturated rings. The lowest BCUT2D eigenvalue weighted by Gasteiger charge is -2.34. The van der Waals surface area contributed by atoms with Crippen molar-refractivity contribution in [2.75, 3.05) is 25.4 Å². The van der Waals surface area contributed by atoms with Crippen molar-refractivity contribution in [1.82, 2.24) is 14.9 Å². The maximum absolute atomic E-state index is 12.0. The molecule has 2 rings (SSSR count). The summed E-state index contributed by atoms with van der Waals surface area (Å²) in [5, 5.41) is 0. The SMILES string of the molecule is CC(C)(C)OC(=O)N1CCOC(c2cnc(N)nc2)C1. The number of hydrogen-bond acceptors (Lipinski definition) is 6. The molecule has 1 aromatic rings. The van der Waals surface area contributed by atoms with Crippen LogP contribution in [0.4, 0.5) is 10.7 Å². The second kappa shape index (κ2) is 5.62. The average Bonchev–Trinajstić information content (AvgIpc) is 2.38. The van der Waals surface area contributed by atoms with E-state index in [2.05, 4.69) is 9.97 Å². The van der Waals surface area contributed by atoms with Crippen LogP contribution >= 0.6 is 0 Å². The summed E-state index contributed by atoms with van der Waals surface area (Å²) in [6.07, 6.45) is 2.65. The molecule has 0 aliphatic carbocycles. The Morgan fingerprint density at radius 3 is 2.70 bits per heavy atom. The van der Waals surface area contributed by atoms with Gasteiger partial charge in [0.05, 0.1) is 13.2 Å². The van der Waals surface area contributed by atoms with Crippen LogP contribution < -0.4 is 5.73 Å². The highest BCUT2D eigenvalue weighted by molar-refractivity contribution is 5.68. The summed E-state index contributed by atoms with van der Waals surface area (Å²) in [5.41, 5.74) is 5.75. The van der Waals surface area contributed by atoms with Crippen molar-refractivity contribution in [1.29, 1.82) is 0 Å². The molecule has 110 valence electrons. The van der Waals surface area contributed by atoms with E-state index < -0.39 is 5.60 Å². The molecule has 7 heteroatoms. The van der Waals surface area contributed by atoms with Crippen molar-refractivity contribution < 1.29 is 14.3 Å². The van der Waals surface area contributed by atoms with E-state index in [0.717, 1.165) is 5.56 Å². The van der Waals surface area contributed by atoms with Gasteiger partial charge in [0.25, 0.3) is 0 Å². The highest BCUT2D eigenvalue weighted by Gasteiger charge is 2.29. The molecule has 0 radical (unpaired) electrons. The second-order valence-electron chi connectivity index (χ2n) is 5.66. The number of hydrogen-bond donors (Lipinski definition) is 1. The van der Waals surface area contributed by atoms with Gasteiger partial charge in [-0.2, -0.15) is 0 Å². The molecule has 0 saturated carbocycles. The number of morpholine rings is 1. The fraction of sp³-hybridized carbons (Fsp3) is 0.615. The summed E-state index contributed by atoms with van der Waals surface area (Å²) in [5.74, 6) is 0.216. The van der Waals surface area contributed by atoms with Gasteiger partial charge in [-0.25, -0.2) is 14.8 Å². The second-order valence-corrected chi connectivity index (χ2v) is 5.66. The number of carbonyl (C=O) groups excluding carboxylic acids is 1. The Bertz CT molecular complexity index is 469. The first-order valence-corrected chi connectivity index (χ1v) is 6.52. The molecule has 1 unspecified atom stereocenters. The van der Waals surface area contributed by atoms with E-state index >= 15 is 0 Å². The zero-order valence-electron chi connectivity index (χ0n) is 12.0. The molecule has 1 aliphatic rings. The van der Waals surface area contributed by atoms with Crippen molar-refractivity contribution in [2.45, 2.75) is 32.5 Å². The fourth-order valence-electron chi connectivity index (χ4n) is 1.86.